The Hall–Kier alpha value is -2.59. The predicted octanol–water partition coefficient (Wildman–Crippen LogP) is 5.11. The molecule has 1 saturated carbocycles. The van der Waals surface area contributed by atoms with Gasteiger partial charge in [-0.1, -0.05) is 31.0 Å². The number of pyridine rings is 1. The molecule has 3 aromatic rings. The highest BCUT2D eigenvalue weighted by Gasteiger charge is 2.39. The van der Waals surface area contributed by atoms with E-state index in [1.807, 2.05) is 12.3 Å². The highest BCUT2D eigenvalue weighted by Crippen LogP contribution is 2.50. The van der Waals surface area contributed by atoms with E-state index < -0.39 is 0 Å². The van der Waals surface area contributed by atoms with E-state index in [-0.39, 0.29) is 12.2 Å². The standard InChI is InChI=1S/C23H21NO3/c1-2-6-20-16(5-1)17-11-21-22(26-13-25-21)12-18(17)23(27-20)15-8-7-14-4-3-9-24-19(14)10-15/h3-4,7-12,16,20,23H,1-2,5-6,13H2/t16-,20-,23+/m0/s1. The van der Waals surface area contributed by atoms with Crippen LogP contribution in [0.25, 0.3) is 10.9 Å². The van der Waals surface area contributed by atoms with Crippen molar-refractivity contribution in [3.8, 4) is 11.5 Å². The van der Waals surface area contributed by atoms with Gasteiger partial charge in [-0.15, -0.1) is 0 Å². The zero-order valence-electron chi connectivity index (χ0n) is 15.1. The largest absolute Gasteiger partial charge is 0.454 e. The van der Waals surface area contributed by atoms with Gasteiger partial charge in [0.2, 0.25) is 6.79 Å². The molecule has 3 heterocycles. The molecule has 2 aliphatic heterocycles. The normalized spacial score (nSPS) is 25.9. The Labute approximate surface area is 158 Å². The highest BCUT2D eigenvalue weighted by atomic mass is 16.7. The van der Waals surface area contributed by atoms with Gasteiger partial charge in [0.05, 0.1) is 11.6 Å². The lowest BCUT2D eigenvalue weighted by molar-refractivity contribution is -0.0389. The molecule has 3 aliphatic rings. The van der Waals surface area contributed by atoms with Crippen molar-refractivity contribution >= 4 is 10.9 Å². The van der Waals surface area contributed by atoms with Crippen LogP contribution in [0.5, 0.6) is 11.5 Å². The smallest absolute Gasteiger partial charge is 0.231 e. The van der Waals surface area contributed by atoms with Crippen molar-refractivity contribution in [3.05, 3.63) is 65.4 Å². The highest BCUT2D eigenvalue weighted by molar-refractivity contribution is 5.79. The third kappa shape index (κ3) is 2.43. The summed E-state index contributed by atoms with van der Waals surface area (Å²) in [5.41, 5.74) is 4.76. The first-order chi connectivity index (χ1) is 13.4. The van der Waals surface area contributed by atoms with E-state index in [1.54, 1.807) is 0 Å². The van der Waals surface area contributed by atoms with E-state index in [9.17, 15) is 0 Å². The molecule has 0 N–H and O–H groups in total. The molecule has 136 valence electrons. The molecule has 27 heavy (non-hydrogen) atoms. The zero-order chi connectivity index (χ0) is 17.8. The number of benzene rings is 2. The van der Waals surface area contributed by atoms with Gasteiger partial charge in [0.25, 0.3) is 0 Å². The second kappa shape index (κ2) is 5.96. The van der Waals surface area contributed by atoms with E-state index in [1.165, 1.54) is 30.4 Å². The van der Waals surface area contributed by atoms with Crippen LogP contribution in [0.3, 0.4) is 0 Å². The van der Waals surface area contributed by atoms with Crippen LogP contribution in [0.1, 0.15) is 54.4 Å². The number of rotatable bonds is 1. The Balaban J connectivity index is 1.52. The summed E-state index contributed by atoms with van der Waals surface area (Å²) in [6, 6.07) is 14.9. The van der Waals surface area contributed by atoms with Crippen LogP contribution >= 0.6 is 0 Å². The first-order valence-corrected chi connectivity index (χ1v) is 9.80. The molecule has 2 aromatic carbocycles. The zero-order valence-corrected chi connectivity index (χ0v) is 15.1. The molecule has 1 aromatic heterocycles. The summed E-state index contributed by atoms with van der Waals surface area (Å²) in [4.78, 5) is 4.53. The summed E-state index contributed by atoms with van der Waals surface area (Å²) in [5, 5.41) is 1.15. The quantitative estimate of drug-likeness (QED) is 0.605. The molecule has 6 rings (SSSR count). The molecule has 4 heteroatoms. The second-order valence-electron chi connectivity index (χ2n) is 7.74. The van der Waals surface area contributed by atoms with E-state index in [0.29, 0.717) is 12.7 Å². The van der Waals surface area contributed by atoms with Crippen molar-refractivity contribution in [2.24, 2.45) is 0 Å². The fraction of sp³-hybridized carbons (Fsp3) is 0.348. The monoisotopic (exact) mass is 359 g/mol. The van der Waals surface area contributed by atoms with Gasteiger partial charge in [0, 0.05) is 17.5 Å². The molecule has 0 unspecified atom stereocenters. The lowest BCUT2D eigenvalue weighted by Crippen LogP contribution is -2.33. The summed E-state index contributed by atoms with van der Waals surface area (Å²) in [6.07, 6.45) is 6.85. The number of hydrogen-bond acceptors (Lipinski definition) is 4. The third-order valence-corrected chi connectivity index (χ3v) is 6.21. The molecule has 3 atom stereocenters. The lowest BCUT2D eigenvalue weighted by atomic mass is 9.76. The molecule has 0 radical (unpaired) electrons. The van der Waals surface area contributed by atoms with Gasteiger partial charge in [-0.05, 0) is 53.8 Å². The van der Waals surface area contributed by atoms with Crippen LogP contribution in [0.15, 0.2) is 48.7 Å². The number of ether oxygens (including phenoxy) is 3. The molecule has 1 aliphatic carbocycles. The number of aromatic nitrogens is 1. The average Bonchev–Trinajstić information content (AvgIpc) is 3.19. The number of nitrogens with zero attached hydrogens (tertiary/aromatic N) is 1. The second-order valence-corrected chi connectivity index (χ2v) is 7.74. The Kier molecular flexibility index (Phi) is 3.41. The van der Waals surface area contributed by atoms with E-state index in [0.717, 1.165) is 34.4 Å². The maximum absolute atomic E-state index is 6.69. The van der Waals surface area contributed by atoms with Gasteiger partial charge >= 0.3 is 0 Å². The fourth-order valence-corrected chi connectivity index (χ4v) is 4.89. The van der Waals surface area contributed by atoms with Crippen LogP contribution in [0, 0.1) is 0 Å². The molecule has 4 nitrogen and oxygen atoms in total. The van der Waals surface area contributed by atoms with Crippen molar-refractivity contribution in [3.63, 3.8) is 0 Å². The summed E-state index contributed by atoms with van der Waals surface area (Å²) in [6.45, 7) is 0.303. The summed E-state index contributed by atoms with van der Waals surface area (Å²) in [5.74, 6) is 2.16. The van der Waals surface area contributed by atoms with Crippen LogP contribution in [0.2, 0.25) is 0 Å². The van der Waals surface area contributed by atoms with Crippen molar-refractivity contribution < 1.29 is 14.2 Å². The molecule has 0 saturated heterocycles. The Bertz CT molecular complexity index is 1030. The summed E-state index contributed by atoms with van der Waals surface area (Å²) >= 11 is 0. The van der Waals surface area contributed by atoms with Crippen molar-refractivity contribution in [2.45, 2.75) is 43.8 Å². The van der Waals surface area contributed by atoms with Gasteiger partial charge in [-0.25, -0.2) is 0 Å². The molecule has 0 bridgehead atoms. The van der Waals surface area contributed by atoms with Gasteiger partial charge in [0.1, 0.15) is 6.10 Å². The van der Waals surface area contributed by atoms with Crippen LogP contribution in [0.4, 0.5) is 0 Å². The number of fused-ring (bicyclic) bond motifs is 5. The predicted molar refractivity (Wildman–Crippen MR) is 102 cm³/mol. The van der Waals surface area contributed by atoms with Crippen LogP contribution in [-0.2, 0) is 4.74 Å². The number of hydrogen-bond donors (Lipinski definition) is 0. The Morgan fingerprint density at radius 2 is 1.74 bits per heavy atom. The van der Waals surface area contributed by atoms with Crippen LogP contribution in [-0.4, -0.2) is 17.9 Å². The van der Waals surface area contributed by atoms with E-state index in [2.05, 4.69) is 41.4 Å². The minimum atomic E-state index is -0.0831. The summed E-state index contributed by atoms with van der Waals surface area (Å²) < 4.78 is 18.0. The first kappa shape index (κ1) is 15.5. The van der Waals surface area contributed by atoms with Crippen molar-refractivity contribution in [1.29, 1.82) is 0 Å². The van der Waals surface area contributed by atoms with Gasteiger partial charge < -0.3 is 14.2 Å². The third-order valence-electron chi connectivity index (χ3n) is 6.21. The minimum Gasteiger partial charge on any atom is -0.454 e. The molecular formula is C23H21NO3. The SMILES string of the molecule is c1cnc2cc([C@H]3O[C@H]4CCCC[C@H]4c4cc5c(cc43)OCO5)ccc2c1. The Morgan fingerprint density at radius 3 is 2.67 bits per heavy atom. The van der Waals surface area contributed by atoms with Gasteiger partial charge in [-0.3, -0.25) is 4.98 Å². The van der Waals surface area contributed by atoms with Gasteiger partial charge in [-0.2, -0.15) is 0 Å². The maximum atomic E-state index is 6.69. The lowest BCUT2D eigenvalue weighted by Gasteiger charge is -2.41. The average molecular weight is 359 g/mol. The van der Waals surface area contributed by atoms with E-state index >= 15 is 0 Å². The fourth-order valence-electron chi connectivity index (χ4n) is 4.89. The topological polar surface area (TPSA) is 40.6 Å². The van der Waals surface area contributed by atoms with Crippen LogP contribution < -0.4 is 9.47 Å². The molecular weight excluding hydrogens is 338 g/mol. The van der Waals surface area contributed by atoms with E-state index in [4.69, 9.17) is 14.2 Å². The minimum absolute atomic E-state index is 0.0831. The first-order valence-electron chi connectivity index (χ1n) is 9.80. The van der Waals surface area contributed by atoms with Crippen molar-refractivity contribution in [2.75, 3.05) is 6.79 Å². The Morgan fingerprint density at radius 1 is 0.889 bits per heavy atom. The summed E-state index contributed by atoms with van der Waals surface area (Å²) in [7, 11) is 0. The van der Waals surface area contributed by atoms with Crippen molar-refractivity contribution in [1.82, 2.24) is 4.98 Å². The molecule has 0 spiro atoms. The molecule has 1 fully saturated rings. The molecule has 0 amide bonds. The maximum Gasteiger partial charge on any atom is 0.231 e. The van der Waals surface area contributed by atoms with Gasteiger partial charge in [0.15, 0.2) is 11.5 Å².